The van der Waals surface area contributed by atoms with Crippen LogP contribution in [0.3, 0.4) is 0 Å². The molecule has 0 aliphatic heterocycles. The molecule has 2 heteroatoms. The zero-order valence-corrected chi connectivity index (χ0v) is 7.43. The van der Waals surface area contributed by atoms with Gasteiger partial charge in [-0.1, -0.05) is 30.3 Å². The molecule has 0 unspecified atom stereocenters. The Kier molecular flexibility index (Phi) is 4.09. The maximum absolute atomic E-state index is 5.15. The molecule has 0 aromatic heterocycles. The smallest absolute Gasteiger partial charge is 0.0585 e. The molecule has 0 heterocycles. The van der Waals surface area contributed by atoms with E-state index in [-0.39, 0.29) is 0 Å². The monoisotopic (exact) mass is 168 g/mol. The molecule has 0 atom stereocenters. The van der Waals surface area contributed by atoms with Crippen LogP contribution in [0.1, 0.15) is 12.5 Å². The van der Waals surface area contributed by atoms with Gasteiger partial charge in [-0.25, -0.2) is 0 Å². The Morgan fingerprint density at radius 1 is 1.27 bits per heavy atom. The molecule has 0 aliphatic carbocycles. The molecule has 0 radical (unpaired) electrons. The van der Waals surface area contributed by atoms with Crippen LogP contribution in [-0.2, 0) is 9.94 Å². The van der Waals surface area contributed by atoms with E-state index in [1.54, 1.807) is 0 Å². The van der Waals surface area contributed by atoms with E-state index in [4.69, 9.17) is 4.18 Å². The van der Waals surface area contributed by atoms with Crippen molar-refractivity contribution >= 4 is 12.0 Å². The largest absolute Gasteiger partial charge is 0.315 e. The van der Waals surface area contributed by atoms with Crippen molar-refractivity contribution in [3.8, 4) is 0 Å². The number of hydrogen-bond donors (Lipinski definition) is 0. The molecular formula is C9H12OS. The first-order valence-corrected chi connectivity index (χ1v) is 4.63. The summed E-state index contributed by atoms with van der Waals surface area (Å²) in [6.07, 6.45) is 0. The molecule has 0 fully saturated rings. The van der Waals surface area contributed by atoms with Gasteiger partial charge in [-0.15, -0.1) is 0 Å². The Labute approximate surface area is 72.0 Å². The maximum atomic E-state index is 5.15. The van der Waals surface area contributed by atoms with Crippen molar-refractivity contribution in [1.82, 2.24) is 0 Å². The van der Waals surface area contributed by atoms with Gasteiger partial charge >= 0.3 is 0 Å². The van der Waals surface area contributed by atoms with E-state index < -0.39 is 0 Å². The minimum atomic E-state index is 0.775. The first-order valence-electron chi connectivity index (χ1n) is 3.72. The third kappa shape index (κ3) is 3.44. The Bertz CT molecular complexity index is 186. The Morgan fingerprint density at radius 2 is 2.00 bits per heavy atom. The number of benzene rings is 1. The van der Waals surface area contributed by atoms with Gasteiger partial charge in [0, 0.05) is 5.75 Å². The molecule has 1 rings (SSSR count). The second kappa shape index (κ2) is 5.22. The van der Waals surface area contributed by atoms with Gasteiger partial charge in [0.1, 0.15) is 0 Å². The fourth-order valence-electron chi connectivity index (χ4n) is 0.767. The van der Waals surface area contributed by atoms with Crippen LogP contribution in [0.2, 0.25) is 0 Å². The maximum Gasteiger partial charge on any atom is 0.0585 e. The molecule has 0 N–H and O–H groups in total. The van der Waals surface area contributed by atoms with E-state index in [0.29, 0.717) is 0 Å². The zero-order chi connectivity index (χ0) is 7.94. The first kappa shape index (κ1) is 8.62. The highest BCUT2D eigenvalue weighted by Gasteiger charge is 1.90. The second-order valence-corrected chi connectivity index (χ2v) is 2.91. The van der Waals surface area contributed by atoms with Crippen molar-refractivity contribution in [3.63, 3.8) is 0 Å². The third-order valence-electron chi connectivity index (χ3n) is 1.27. The molecule has 11 heavy (non-hydrogen) atoms. The molecule has 0 aliphatic rings. The lowest BCUT2D eigenvalue weighted by atomic mass is 10.2. The molecule has 1 aromatic carbocycles. The Hall–Kier alpha value is -0.470. The topological polar surface area (TPSA) is 9.23 Å². The summed E-state index contributed by atoms with van der Waals surface area (Å²) in [5, 5.41) is 0. The van der Waals surface area contributed by atoms with E-state index >= 15 is 0 Å². The van der Waals surface area contributed by atoms with Gasteiger partial charge < -0.3 is 4.18 Å². The van der Waals surface area contributed by atoms with Crippen LogP contribution in [0.4, 0.5) is 0 Å². The third-order valence-corrected chi connectivity index (χ3v) is 2.12. The average molecular weight is 168 g/mol. The molecule has 60 valence electrons. The van der Waals surface area contributed by atoms with E-state index in [0.717, 1.165) is 12.4 Å². The molecule has 0 amide bonds. The minimum Gasteiger partial charge on any atom is -0.315 e. The van der Waals surface area contributed by atoms with Gasteiger partial charge in [-0.3, -0.25) is 0 Å². The van der Waals surface area contributed by atoms with Gasteiger partial charge in [-0.05, 0) is 24.5 Å². The summed E-state index contributed by atoms with van der Waals surface area (Å²) in [5.41, 5.74) is 1.31. The van der Waals surface area contributed by atoms with Gasteiger partial charge in [0.2, 0.25) is 0 Å². The quantitative estimate of drug-likeness (QED) is 0.505. The standard InChI is InChI=1S/C9H12OS/c1-2-10-11-8-9-6-4-3-5-7-9/h3-7H,2,8H2,1H3. The number of rotatable bonds is 4. The van der Waals surface area contributed by atoms with Crippen molar-refractivity contribution in [2.45, 2.75) is 12.7 Å². The summed E-state index contributed by atoms with van der Waals surface area (Å²) in [6, 6.07) is 10.3. The van der Waals surface area contributed by atoms with Crippen LogP contribution in [0.25, 0.3) is 0 Å². The average Bonchev–Trinajstić information content (AvgIpc) is 2.07. The van der Waals surface area contributed by atoms with Crippen LogP contribution in [0.5, 0.6) is 0 Å². The molecule has 0 saturated carbocycles. The first-order chi connectivity index (χ1) is 5.43. The molecule has 0 saturated heterocycles. The van der Waals surface area contributed by atoms with Crippen molar-refractivity contribution in [3.05, 3.63) is 35.9 Å². The van der Waals surface area contributed by atoms with Crippen LogP contribution in [0, 0.1) is 0 Å². The highest BCUT2D eigenvalue weighted by atomic mass is 32.2. The van der Waals surface area contributed by atoms with Crippen LogP contribution < -0.4 is 0 Å². The molecule has 1 nitrogen and oxygen atoms in total. The summed E-state index contributed by atoms with van der Waals surface area (Å²) in [5.74, 6) is 0.939. The SMILES string of the molecule is CCOSCc1ccccc1. The predicted octanol–water partition coefficient (Wildman–Crippen LogP) is 2.87. The Morgan fingerprint density at radius 3 is 2.64 bits per heavy atom. The highest BCUT2D eigenvalue weighted by molar-refractivity contribution is 7.93. The summed E-state index contributed by atoms with van der Waals surface area (Å²) in [6.45, 7) is 2.77. The predicted molar refractivity (Wildman–Crippen MR) is 49.4 cm³/mol. The lowest BCUT2D eigenvalue weighted by molar-refractivity contribution is 0.401. The van der Waals surface area contributed by atoms with Crippen LogP contribution in [0.15, 0.2) is 30.3 Å². The van der Waals surface area contributed by atoms with E-state index in [1.165, 1.54) is 17.6 Å². The molecule has 0 bridgehead atoms. The summed E-state index contributed by atoms with van der Waals surface area (Å²) >= 11 is 1.51. The van der Waals surface area contributed by atoms with Crippen LogP contribution in [-0.4, -0.2) is 6.61 Å². The number of hydrogen-bond acceptors (Lipinski definition) is 2. The van der Waals surface area contributed by atoms with E-state index in [9.17, 15) is 0 Å². The lowest BCUT2D eigenvalue weighted by Gasteiger charge is -1.98. The fourth-order valence-corrected chi connectivity index (χ4v) is 1.35. The molecular weight excluding hydrogens is 156 g/mol. The second-order valence-electron chi connectivity index (χ2n) is 2.15. The van der Waals surface area contributed by atoms with E-state index in [1.807, 2.05) is 25.1 Å². The van der Waals surface area contributed by atoms with Crippen LogP contribution >= 0.6 is 12.0 Å². The van der Waals surface area contributed by atoms with Crippen molar-refractivity contribution < 1.29 is 4.18 Å². The lowest BCUT2D eigenvalue weighted by Crippen LogP contribution is -1.81. The van der Waals surface area contributed by atoms with Gasteiger partial charge in [0.05, 0.1) is 6.61 Å². The van der Waals surface area contributed by atoms with Gasteiger partial charge in [0.25, 0.3) is 0 Å². The van der Waals surface area contributed by atoms with E-state index in [2.05, 4.69) is 12.1 Å². The summed E-state index contributed by atoms with van der Waals surface area (Å²) in [7, 11) is 0. The molecule has 1 aromatic rings. The summed E-state index contributed by atoms with van der Waals surface area (Å²) < 4.78 is 5.15. The van der Waals surface area contributed by atoms with Gasteiger partial charge in [-0.2, -0.15) is 0 Å². The Balaban J connectivity index is 2.28. The fraction of sp³-hybridized carbons (Fsp3) is 0.333. The van der Waals surface area contributed by atoms with Gasteiger partial charge in [0.15, 0.2) is 0 Å². The highest BCUT2D eigenvalue weighted by Crippen LogP contribution is 2.11. The zero-order valence-electron chi connectivity index (χ0n) is 6.62. The normalized spacial score (nSPS) is 9.91. The van der Waals surface area contributed by atoms with Crippen molar-refractivity contribution in [2.75, 3.05) is 6.61 Å². The minimum absolute atomic E-state index is 0.775. The van der Waals surface area contributed by atoms with Crippen molar-refractivity contribution in [2.24, 2.45) is 0 Å². The molecule has 0 spiro atoms. The van der Waals surface area contributed by atoms with Crippen molar-refractivity contribution in [1.29, 1.82) is 0 Å². The summed E-state index contributed by atoms with van der Waals surface area (Å²) in [4.78, 5) is 0.